The number of hydrogen-bond acceptors (Lipinski definition) is 3. The fraction of sp³-hybridized carbons (Fsp3) is 0.393. The molecule has 5 atom stereocenters. The van der Waals surface area contributed by atoms with Crippen molar-refractivity contribution in [1.29, 1.82) is 0 Å². The molecule has 1 amide bonds. The molecule has 0 radical (unpaired) electrons. The van der Waals surface area contributed by atoms with Crippen LogP contribution in [0.5, 0.6) is 0 Å². The number of rotatable bonds is 8. The number of aliphatic hydroxyl groups is 2. The number of amides is 1. The molecule has 2 aliphatic carbocycles. The van der Waals surface area contributed by atoms with Crippen molar-refractivity contribution < 1.29 is 15.0 Å². The maximum absolute atomic E-state index is 11.4. The molecular weight excluding hydrogens is 398 g/mol. The number of carbonyl (C=O) groups excluding carboxylic acids is 1. The average molecular weight is 432 g/mol. The number of fused-ring (bicyclic) bond motifs is 1. The Balaban J connectivity index is 1.33. The number of aryl methyl sites for hydroxylation is 2. The number of allylic oxidation sites excluding steroid dienone is 2. The summed E-state index contributed by atoms with van der Waals surface area (Å²) in [6, 6.07) is 15.8. The normalized spacial score (nSPS) is 25.7. The highest BCUT2D eigenvalue weighted by Gasteiger charge is 2.43. The molecule has 1 saturated carbocycles. The molecule has 4 nitrogen and oxygen atoms in total. The second-order valence-electron chi connectivity index (χ2n) is 9.45. The maximum atomic E-state index is 11.4. The van der Waals surface area contributed by atoms with Crippen molar-refractivity contribution in [2.45, 2.75) is 51.2 Å². The first-order chi connectivity index (χ1) is 15.4. The molecule has 168 valence electrons. The highest BCUT2D eigenvalue weighted by molar-refractivity contribution is 5.92. The van der Waals surface area contributed by atoms with Gasteiger partial charge in [-0.15, -0.1) is 0 Å². The van der Waals surface area contributed by atoms with Crippen LogP contribution < -0.4 is 5.73 Å². The van der Waals surface area contributed by atoms with Gasteiger partial charge in [0, 0.05) is 17.9 Å². The zero-order valence-corrected chi connectivity index (χ0v) is 18.7. The van der Waals surface area contributed by atoms with Gasteiger partial charge in [-0.2, -0.15) is 0 Å². The Hall–Kier alpha value is -2.69. The lowest BCUT2D eigenvalue weighted by Gasteiger charge is -2.19. The third-order valence-electron chi connectivity index (χ3n) is 6.98. The smallest absolute Gasteiger partial charge is 0.248 e. The van der Waals surface area contributed by atoms with E-state index in [-0.39, 0.29) is 12.0 Å². The summed E-state index contributed by atoms with van der Waals surface area (Å²) in [5, 5.41) is 21.1. The quantitative estimate of drug-likeness (QED) is 0.550. The van der Waals surface area contributed by atoms with E-state index in [4.69, 9.17) is 5.73 Å². The Morgan fingerprint density at radius 3 is 2.72 bits per heavy atom. The molecule has 4 heteroatoms. The fourth-order valence-corrected chi connectivity index (χ4v) is 5.38. The minimum absolute atomic E-state index is 0.0825. The van der Waals surface area contributed by atoms with E-state index in [0.29, 0.717) is 23.8 Å². The molecule has 2 aliphatic rings. The molecule has 0 aromatic heterocycles. The van der Waals surface area contributed by atoms with Crippen LogP contribution in [0.4, 0.5) is 0 Å². The Morgan fingerprint density at radius 1 is 1.16 bits per heavy atom. The molecule has 0 unspecified atom stereocenters. The van der Waals surface area contributed by atoms with E-state index in [9.17, 15) is 15.0 Å². The number of primary amides is 1. The van der Waals surface area contributed by atoms with Gasteiger partial charge in [-0.25, -0.2) is 0 Å². The topological polar surface area (TPSA) is 83.5 Å². The van der Waals surface area contributed by atoms with Crippen LogP contribution in [-0.4, -0.2) is 28.3 Å². The third-order valence-corrected chi connectivity index (χ3v) is 6.98. The molecule has 0 aliphatic heterocycles. The second-order valence-corrected chi connectivity index (χ2v) is 9.45. The summed E-state index contributed by atoms with van der Waals surface area (Å²) >= 11 is 0. The summed E-state index contributed by atoms with van der Waals surface area (Å²) in [7, 11) is 0. The predicted molar refractivity (Wildman–Crippen MR) is 127 cm³/mol. The first-order valence-corrected chi connectivity index (χ1v) is 11.6. The Bertz CT molecular complexity index is 1020. The lowest BCUT2D eigenvalue weighted by Crippen LogP contribution is -2.18. The molecule has 0 saturated heterocycles. The van der Waals surface area contributed by atoms with Gasteiger partial charge in [0.2, 0.25) is 5.91 Å². The van der Waals surface area contributed by atoms with Gasteiger partial charge in [-0.05, 0) is 67.7 Å². The number of nitrogens with two attached hydrogens (primary N) is 1. The first kappa shape index (κ1) is 22.5. The van der Waals surface area contributed by atoms with E-state index in [1.807, 2.05) is 42.5 Å². The Morgan fingerprint density at radius 2 is 1.94 bits per heavy atom. The zero-order chi connectivity index (χ0) is 22.7. The maximum Gasteiger partial charge on any atom is 0.248 e. The standard InChI is InChI=1S/C28H33NO3/c1-18-4-2-6-20(12-18)15-24(30)10-11-25-26-16-21(14-23(26)17-27(25)31)9-8-19-5-3-7-22(13-19)28(29)32/h2-7,10-14,23-27,30-31H,8-9,15-17H2,1H3,(H2,29,32)/t23-,24-,25+,26-,27+/m0/s1. The van der Waals surface area contributed by atoms with Crippen LogP contribution in [0.2, 0.25) is 0 Å². The molecule has 0 bridgehead atoms. The van der Waals surface area contributed by atoms with Crippen molar-refractivity contribution in [2.24, 2.45) is 23.5 Å². The summed E-state index contributed by atoms with van der Waals surface area (Å²) in [4.78, 5) is 11.4. The molecule has 0 heterocycles. The van der Waals surface area contributed by atoms with Crippen molar-refractivity contribution >= 4 is 5.91 Å². The van der Waals surface area contributed by atoms with E-state index >= 15 is 0 Å². The monoisotopic (exact) mass is 431 g/mol. The minimum Gasteiger partial charge on any atom is -0.392 e. The number of carbonyl (C=O) groups is 1. The second kappa shape index (κ2) is 9.85. The van der Waals surface area contributed by atoms with E-state index in [1.54, 1.807) is 6.07 Å². The molecule has 1 fully saturated rings. The van der Waals surface area contributed by atoms with Crippen molar-refractivity contribution in [3.63, 3.8) is 0 Å². The minimum atomic E-state index is -0.547. The summed E-state index contributed by atoms with van der Waals surface area (Å²) < 4.78 is 0. The summed E-state index contributed by atoms with van der Waals surface area (Å²) in [5.74, 6) is 0.494. The molecule has 4 N–H and O–H groups in total. The van der Waals surface area contributed by atoms with Crippen molar-refractivity contribution in [1.82, 2.24) is 0 Å². The van der Waals surface area contributed by atoms with E-state index in [1.165, 1.54) is 11.1 Å². The number of hydrogen-bond donors (Lipinski definition) is 3. The van der Waals surface area contributed by atoms with Crippen LogP contribution in [0, 0.1) is 24.7 Å². The lowest BCUT2D eigenvalue weighted by atomic mass is 9.88. The Kier molecular flexibility index (Phi) is 6.92. The van der Waals surface area contributed by atoms with E-state index in [2.05, 4.69) is 25.1 Å². The summed E-state index contributed by atoms with van der Waals surface area (Å²) in [6.45, 7) is 2.06. The molecule has 2 aromatic rings. The SMILES string of the molecule is Cc1cccc(C[C@@H](O)C=C[C@@H]2[C@H]3CC(CCc4cccc(C(N)=O)c4)=C[C@H]3C[C@H]2O)c1. The molecule has 2 aromatic carbocycles. The molecule has 4 rings (SSSR count). The van der Waals surface area contributed by atoms with Crippen LogP contribution >= 0.6 is 0 Å². The third kappa shape index (κ3) is 5.37. The van der Waals surface area contributed by atoms with Gasteiger partial charge >= 0.3 is 0 Å². The van der Waals surface area contributed by atoms with Crippen molar-refractivity contribution in [3.05, 3.63) is 94.6 Å². The van der Waals surface area contributed by atoms with Gasteiger partial charge in [-0.1, -0.05) is 65.8 Å². The average Bonchev–Trinajstić information content (AvgIpc) is 3.27. The first-order valence-electron chi connectivity index (χ1n) is 11.6. The van der Waals surface area contributed by atoms with Crippen molar-refractivity contribution in [2.75, 3.05) is 0 Å². The van der Waals surface area contributed by atoms with E-state index < -0.39 is 12.0 Å². The predicted octanol–water partition coefficient (Wildman–Crippen LogP) is 4.13. The lowest BCUT2D eigenvalue weighted by molar-refractivity contribution is 0.1000. The summed E-state index contributed by atoms with van der Waals surface area (Å²) in [5.41, 5.74) is 10.8. The van der Waals surface area contributed by atoms with Gasteiger partial charge < -0.3 is 15.9 Å². The molecular formula is C28H33NO3. The molecule has 32 heavy (non-hydrogen) atoms. The highest BCUT2D eigenvalue weighted by atomic mass is 16.3. The van der Waals surface area contributed by atoms with Crippen LogP contribution in [-0.2, 0) is 12.8 Å². The van der Waals surface area contributed by atoms with Gasteiger partial charge in [0.05, 0.1) is 12.2 Å². The zero-order valence-electron chi connectivity index (χ0n) is 18.7. The van der Waals surface area contributed by atoms with Crippen LogP contribution in [0.3, 0.4) is 0 Å². The van der Waals surface area contributed by atoms with Crippen LogP contribution in [0.1, 0.15) is 46.3 Å². The van der Waals surface area contributed by atoms with Gasteiger partial charge in [0.1, 0.15) is 0 Å². The Labute approximate surface area is 190 Å². The van der Waals surface area contributed by atoms with Gasteiger partial charge in [-0.3, -0.25) is 4.79 Å². The fourth-order valence-electron chi connectivity index (χ4n) is 5.38. The van der Waals surface area contributed by atoms with Crippen LogP contribution in [0.15, 0.2) is 72.3 Å². The van der Waals surface area contributed by atoms with E-state index in [0.717, 1.165) is 36.8 Å². The molecule has 0 spiro atoms. The number of benzene rings is 2. The van der Waals surface area contributed by atoms with Gasteiger partial charge in [0.25, 0.3) is 0 Å². The largest absolute Gasteiger partial charge is 0.392 e. The van der Waals surface area contributed by atoms with Crippen molar-refractivity contribution in [3.8, 4) is 0 Å². The summed E-state index contributed by atoms with van der Waals surface area (Å²) in [6.07, 6.45) is 9.56. The van der Waals surface area contributed by atoms with Gasteiger partial charge in [0.15, 0.2) is 0 Å². The van der Waals surface area contributed by atoms with Crippen LogP contribution in [0.25, 0.3) is 0 Å². The highest BCUT2D eigenvalue weighted by Crippen LogP contribution is 2.48. The number of aliphatic hydroxyl groups excluding tert-OH is 2.